The van der Waals surface area contributed by atoms with Gasteiger partial charge in [0.1, 0.15) is 0 Å². The lowest BCUT2D eigenvalue weighted by molar-refractivity contribution is 0.00506. The highest BCUT2D eigenvalue weighted by Gasteiger charge is 2.41. The fraction of sp³-hybridized carbons (Fsp3) is 0.556. The molecule has 2 nitrogen and oxygen atoms in total. The lowest BCUT2D eigenvalue weighted by atomic mass is 9.95. The molecule has 0 fully saturated rings. The third kappa shape index (κ3) is 4.53. The van der Waals surface area contributed by atoms with Crippen LogP contribution in [-0.2, 0) is 4.43 Å². The molecule has 1 N–H and O–H groups in total. The van der Waals surface area contributed by atoms with E-state index in [1.165, 1.54) is 0 Å². The molecule has 0 bridgehead atoms. The van der Waals surface area contributed by atoms with Gasteiger partial charge in [-0.15, -0.1) is 6.58 Å². The molecule has 0 amide bonds. The lowest BCUT2D eigenvalue weighted by Crippen LogP contribution is -2.44. The van der Waals surface area contributed by atoms with Gasteiger partial charge in [0, 0.05) is 5.92 Å². The van der Waals surface area contributed by atoms with Crippen LogP contribution in [0.25, 0.3) is 0 Å². The molecule has 3 atom stereocenters. The third-order valence-corrected chi connectivity index (χ3v) is 9.03. The van der Waals surface area contributed by atoms with Crippen molar-refractivity contribution in [1.82, 2.24) is 0 Å². The minimum atomic E-state index is -1.97. The molecule has 1 aromatic carbocycles. The number of rotatable bonds is 6. The van der Waals surface area contributed by atoms with Gasteiger partial charge in [-0.3, -0.25) is 0 Å². The van der Waals surface area contributed by atoms with Crippen molar-refractivity contribution in [2.24, 2.45) is 5.92 Å². The van der Waals surface area contributed by atoms with Crippen molar-refractivity contribution in [3.63, 3.8) is 0 Å². The van der Waals surface area contributed by atoms with Crippen molar-refractivity contribution in [3.05, 3.63) is 48.6 Å². The Labute approximate surface area is 131 Å². The van der Waals surface area contributed by atoms with Gasteiger partial charge in [-0.1, -0.05) is 64.1 Å². The van der Waals surface area contributed by atoms with E-state index >= 15 is 0 Å². The van der Waals surface area contributed by atoms with Crippen molar-refractivity contribution in [3.8, 4) is 0 Å². The zero-order valence-electron chi connectivity index (χ0n) is 14.3. The average Bonchev–Trinajstić information content (AvgIpc) is 2.43. The van der Waals surface area contributed by atoms with Crippen LogP contribution >= 0.6 is 0 Å². The van der Waals surface area contributed by atoms with E-state index in [4.69, 9.17) is 4.43 Å². The molecule has 0 aliphatic carbocycles. The Morgan fingerprint density at radius 1 is 1.19 bits per heavy atom. The second kappa shape index (κ2) is 6.90. The minimum Gasteiger partial charge on any atom is -0.407 e. The van der Waals surface area contributed by atoms with Crippen LogP contribution in [0.1, 0.15) is 39.4 Å². The Kier molecular flexibility index (Phi) is 5.97. The maximum Gasteiger partial charge on any atom is 0.193 e. The normalized spacial score (nSPS) is 17.1. The molecular formula is C18H30O2Si. The van der Waals surface area contributed by atoms with E-state index in [2.05, 4.69) is 40.4 Å². The van der Waals surface area contributed by atoms with Gasteiger partial charge in [0.2, 0.25) is 0 Å². The molecule has 3 heteroatoms. The summed E-state index contributed by atoms with van der Waals surface area (Å²) < 4.78 is 6.51. The van der Waals surface area contributed by atoms with Crippen LogP contribution in [0.15, 0.2) is 43.0 Å². The van der Waals surface area contributed by atoms with Crippen molar-refractivity contribution in [2.75, 3.05) is 0 Å². The summed E-state index contributed by atoms with van der Waals surface area (Å²) in [5.41, 5.74) is 1.03. The maximum absolute atomic E-state index is 10.7. The molecule has 0 saturated heterocycles. The second-order valence-electron chi connectivity index (χ2n) is 7.29. The van der Waals surface area contributed by atoms with Crippen LogP contribution in [-0.4, -0.2) is 19.5 Å². The van der Waals surface area contributed by atoms with E-state index in [1.54, 1.807) is 6.08 Å². The van der Waals surface area contributed by atoms with Crippen LogP contribution in [0.4, 0.5) is 0 Å². The molecule has 0 saturated carbocycles. The van der Waals surface area contributed by atoms with Gasteiger partial charge in [-0.2, -0.15) is 0 Å². The Hall–Kier alpha value is -0.903. The summed E-state index contributed by atoms with van der Waals surface area (Å²) in [6, 6.07) is 10.0. The first kappa shape index (κ1) is 18.1. The van der Waals surface area contributed by atoms with E-state index in [0.29, 0.717) is 0 Å². The second-order valence-corrected chi connectivity index (χ2v) is 12.1. The smallest absolute Gasteiger partial charge is 0.193 e. The first-order chi connectivity index (χ1) is 9.60. The molecule has 118 valence electrons. The molecule has 0 unspecified atom stereocenters. The number of aliphatic hydroxyl groups excluding tert-OH is 1. The maximum atomic E-state index is 10.7. The molecule has 0 aromatic heterocycles. The van der Waals surface area contributed by atoms with Crippen molar-refractivity contribution >= 4 is 8.32 Å². The van der Waals surface area contributed by atoms with Gasteiger partial charge in [0.15, 0.2) is 8.32 Å². The predicted molar refractivity (Wildman–Crippen MR) is 92.8 cm³/mol. The van der Waals surface area contributed by atoms with Crippen molar-refractivity contribution in [1.29, 1.82) is 0 Å². The molecule has 0 radical (unpaired) electrons. The summed E-state index contributed by atoms with van der Waals surface area (Å²) in [5.74, 6) is -0.0139. The SMILES string of the molecule is C=C[C@@H](C)[C@@H](O)[C@@H](O[Si](C)(C)C(C)(C)C)c1ccccc1. The highest BCUT2D eigenvalue weighted by molar-refractivity contribution is 6.74. The summed E-state index contributed by atoms with van der Waals surface area (Å²) in [5, 5.41) is 10.8. The van der Waals surface area contributed by atoms with Crippen molar-refractivity contribution < 1.29 is 9.53 Å². The number of benzene rings is 1. The molecule has 0 heterocycles. The summed E-state index contributed by atoms with van der Waals surface area (Å²) in [4.78, 5) is 0. The summed E-state index contributed by atoms with van der Waals surface area (Å²) in [6.07, 6.45) is 0.898. The minimum absolute atomic E-state index is 0.0139. The number of aliphatic hydroxyl groups is 1. The standard InChI is InChI=1S/C18H30O2Si/c1-8-14(2)16(19)17(15-12-10-9-11-13-15)20-21(6,7)18(3,4)5/h8-14,16-17,19H,1H2,2-7H3/t14-,16-,17+/m1/s1. The summed E-state index contributed by atoms with van der Waals surface area (Å²) in [6.45, 7) is 16.8. The summed E-state index contributed by atoms with van der Waals surface area (Å²) >= 11 is 0. The zero-order chi connectivity index (χ0) is 16.3. The number of hydrogen-bond donors (Lipinski definition) is 1. The Balaban J connectivity index is 3.12. The van der Waals surface area contributed by atoms with E-state index in [1.807, 2.05) is 37.3 Å². The molecule has 1 rings (SSSR count). The summed E-state index contributed by atoms with van der Waals surface area (Å²) in [7, 11) is -1.97. The van der Waals surface area contributed by atoms with E-state index in [9.17, 15) is 5.11 Å². The van der Waals surface area contributed by atoms with Crippen LogP contribution in [0, 0.1) is 5.92 Å². The van der Waals surface area contributed by atoms with Crippen LogP contribution < -0.4 is 0 Å². The van der Waals surface area contributed by atoms with Crippen LogP contribution in [0.3, 0.4) is 0 Å². The topological polar surface area (TPSA) is 29.5 Å². The molecule has 0 aliphatic heterocycles. The van der Waals surface area contributed by atoms with E-state index < -0.39 is 14.4 Å². The van der Waals surface area contributed by atoms with Crippen LogP contribution in [0.2, 0.25) is 18.1 Å². The number of hydrogen-bond acceptors (Lipinski definition) is 2. The molecule has 0 aliphatic rings. The highest BCUT2D eigenvalue weighted by atomic mass is 28.4. The lowest BCUT2D eigenvalue weighted by Gasteiger charge is -2.41. The predicted octanol–water partition coefficient (Wildman–Crippen LogP) is 4.93. The van der Waals surface area contributed by atoms with E-state index in [0.717, 1.165) is 5.56 Å². The molecular weight excluding hydrogens is 276 g/mol. The van der Waals surface area contributed by atoms with Gasteiger partial charge >= 0.3 is 0 Å². The fourth-order valence-electron chi connectivity index (χ4n) is 1.89. The fourth-order valence-corrected chi connectivity index (χ4v) is 3.15. The largest absolute Gasteiger partial charge is 0.407 e. The van der Waals surface area contributed by atoms with Gasteiger partial charge in [0.05, 0.1) is 12.2 Å². The van der Waals surface area contributed by atoms with Gasteiger partial charge < -0.3 is 9.53 Å². The van der Waals surface area contributed by atoms with Gasteiger partial charge in [0.25, 0.3) is 0 Å². The first-order valence-corrected chi connectivity index (χ1v) is 10.5. The van der Waals surface area contributed by atoms with Crippen LogP contribution in [0.5, 0.6) is 0 Å². The zero-order valence-corrected chi connectivity index (χ0v) is 15.3. The molecule has 0 spiro atoms. The highest BCUT2D eigenvalue weighted by Crippen LogP contribution is 2.41. The Bertz CT molecular complexity index is 448. The Morgan fingerprint density at radius 3 is 2.14 bits per heavy atom. The third-order valence-electron chi connectivity index (χ3n) is 4.58. The van der Waals surface area contributed by atoms with Gasteiger partial charge in [-0.05, 0) is 23.7 Å². The monoisotopic (exact) mass is 306 g/mol. The average molecular weight is 307 g/mol. The van der Waals surface area contributed by atoms with Crippen molar-refractivity contribution in [2.45, 2.75) is 58.0 Å². The van der Waals surface area contributed by atoms with Gasteiger partial charge in [-0.25, -0.2) is 0 Å². The van der Waals surface area contributed by atoms with E-state index in [-0.39, 0.29) is 17.1 Å². The molecule has 21 heavy (non-hydrogen) atoms. The first-order valence-electron chi connectivity index (χ1n) is 7.63. The quantitative estimate of drug-likeness (QED) is 0.596. The Morgan fingerprint density at radius 2 is 1.71 bits per heavy atom. The molecule has 1 aromatic rings.